The topological polar surface area (TPSA) is 26.3 Å². The molecule has 3 rings (SSSR count). The van der Waals surface area contributed by atoms with Crippen LogP contribution in [0.15, 0.2) is 35.9 Å². The summed E-state index contributed by atoms with van der Waals surface area (Å²) in [5, 5.41) is 0. The predicted molar refractivity (Wildman–Crippen MR) is 57.0 cm³/mol. The van der Waals surface area contributed by atoms with Crippen molar-refractivity contribution in [1.29, 1.82) is 0 Å². The Bertz CT molecular complexity index is 473. The van der Waals surface area contributed by atoms with E-state index in [4.69, 9.17) is 4.74 Å². The highest BCUT2D eigenvalue weighted by Crippen LogP contribution is 2.46. The van der Waals surface area contributed by atoms with E-state index in [9.17, 15) is 4.79 Å². The van der Waals surface area contributed by atoms with Crippen LogP contribution in [0, 0.1) is 0 Å². The van der Waals surface area contributed by atoms with E-state index in [1.807, 2.05) is 18.2 Å². The van der Waals surface area contributed by atoms with Gasteiger partial charge in [-0.2, -0.15) is 0 Å². The molecule has 1 atom stereocenters. The Morgan fingerprint density at radius 3 is 3.00 bits per heavy atom. The smallest absolute Gasteiger partial charge is 0.157 e. The van der Waals surface area contributed by atoms with E-state index in [-0.39, 0.29) is 11.2 Å². The number of hydrogen-bond donors (Lipinski definition) is 0. The molecule has 0 bridgehead atoms. The second-order valence-corrected chi connectivity index (χ2v) is 4.43. The maximum absolute atomic E-state index is 11.5. The maximum Gasteiger partial charge on any atom is 0.157 e. The Morgan fingerprint density at radius 1 is 1.33 bits per heavy atom. The van der Waals surface area contributed by atoms with Crippen LogP contribution in [-0.4, -0.2) is 12.4 Å². The van der Waals surface area contributed by atoms with Crippen LogP contribution in [0.25, 0.3) is 0 Å². The van der Waals surface area contributed by atoms with Gasteiger partial charge in [-0.15, -0.1) is 0 Å². The Hall–Kier alpha value is -1.57. The summed E-state index contributed by atoms with van der Waals surface area (Å²) in [7, 11) is 0. The molecule has 15 heavy (non-hydrogen) atoms. The fourth-order valence-electron chi connectivity index (χ4n) is 2.54. The van der Waals surface area contributed by atoms with E-state index < -0.39 is 0 Å². The van der Waals surface area contributed by atoms with Gasteiger partial charge in [0.15, 0.2) is 5.78 Å². The number of ketones is 1. The summed E-state index contributed by atoms with van der Waals surface area (Å²) in [6.07, 6.45) is 2.33. The second kappa shape index (κ2) is 2.72. The van der Waals surface area contributed by atoms with Gasteiger partial charge in [0.05, 0.1) is 0 Å². The van der Waals surface area contributed by atoms with Gasteiger partial charge in [0.25, 0.3) is 0 Å². The molecule has 1 heterocycles. The fraction of sp³-hybridized carbons (Fsp3) is 0.308. The molecule has 0 spiro atoms. The molecule has 0 radical (unpaired) electrons. The Balaban J connectivity index is 2.21. The molecule has 1 aromatic rings. The van der Waals surface area contributed by atoms with Gasteiger partial charge in [0.1, 0.15) is 12.4 Å². The number of allylic oxidation sites excluding steroid dienone is 1. The molecule has 1 aliphatic carbocycles. The van der Waals surface area contributed by atoms with Gasteiger partial charge in [-0.25, -0.2) is 0 Å². The number of para-hydroxylation sites is 1. The summed E-state index contributed by atoms with van der Waals surface area (Å²) < 4.78 is 5.63. The quantitative estimate of drug-likeness (QED) is 0.642. The van der Waals surface area contributed by atoms with Crippen molar-refractivity contribution in [3.8, 4) is 5.75 Å². The van der Waals surface area contributed by atoms with Crippen LogP contribution in [0.3, 0.4) is 0 Å². The molecule has 2 nitrogen and oxygen atoms in total. The number of ether oxygens (including phenoxy) is 1. The van der Waals surface area contributed by atoms with Crippen LogP contribution in [-0.2, 0) is 10.2 Å². The minimum Gasteiger partial charge on any atom is -0.489 e. The number of rotatable bonds is 0. The lowest BCUT2D eigenvalue weighted by Gasteiger charge is -2.34. The highest BCUT2D eigenvalue weighted by molar-refractivity contribution is 5.96. The molecule has 0 aromatic heterocycles. The molecule has 2 heteroatoms. The highest BCUT2D eigenvalue weighted by atomic mass is 16.5. The molecule has 0 saturated heterocycles. The maximum atomic E-state index is 11.5. The van der Waals surface area contributed by atoms with Gasteiger partial charge < -0.3 is 4.74 Å². The number of carbonyl (C=O) groups is 1. The standard InChI is InChI=1S/C13H12O2/c1-13-7-10(14)6-9(13)8-15-12-5-3-2-4-11(12)13/h2-6H,7-8H2,1H3. The molecule has 2 aliphatic rings. The summed E-state index contributed by atoms with van der Waals surface area (Å²) in [5.74, 6) is 1.14. The van der Waals surface area contributed by atoms with Crippen LogP contribution in [0.2, 0.25) is 0 Å². The first kappa shape index (κ1) is 8.72. The van der Waals surface area contributed by atoms with E-state index in [1.165, 1.54) is 0 Å². The normalized spacial score (nSPS) is 27.8. The summed E-state index contributed by atoms with van der Waals surface area (Å²) in [5.41, 5.74) is 2.14. The molecule has 0 N–H and O–H groups in total. The zero-order valence-corrected chi connectivity index (χ0v) is 8.62. The molecule has 0 saturated carbocycles. The van der Waals surface area contributed by atoms with Crippen molar-refractivity contribution >= 4 is 5.78 Å². The lowest BCUT2D eigenvalue weighted by atomic mass is 9.75. The number of hydrogen-bond acceptors (Lipinski definition) is 2. The third-order valence-electron chi connectivity index (χ3n) is 3.44. The molecule has 1 aromatic carbocycles. The summed E-state index contributed by atoms with van der Waals surface area (Å²) in [6.45, 7) is 2.68. The lowest BCUT2D eigenvalue weighted by molar-refractivity contribution is -0.114. The second-order valence-electron chi connectivity index (χ2n) is 4.43. The zero-order valence-electron chi connectivity index (χ0n) is 8.62. The predicted octanol–water partition coefficient (Wildman–Crippen LogP) is 2.24. The van der Waals surface area contributed by atoms with Crippen LogP contribution in [0.5, 0.6) is 5.75 Å². The van der Waals surface area contributed by atoms with Gasteiger partial charge in [0, 0.05) is 17.4 Å². The minimum absolute atomic E-state index is 0.119. The van der Waals surface area contributed by atoms with Crippen LogP contribution < -0.4 is 4.74 Å². The highest BCUT2D eigenvalue weighted by Gasteiger charge is 2.42. The fourth-order valence-corrected chi connectivity index (χ4v) is 2.54. The number of carbonyl (C=O) groups excluding carboxylic acids is 1. The van der Waals surface area contributed by atoms with Crippen LogP contribution in [0.1, 0.15) is 18.9 Å². The van der Waals surface area contributed by atoms with Gasteiger partial charge in [-0.05, 0) is 17.7 Å². The molecule has 1 aliphatic heterocycles. The molecular formula is C13H12O2. The monoisotopic (exact) mass is 200 g/mol. The average molecular weight is 200 g/mol. The van der Waals surface area contributed by atoms with Gasteiger partial charge in [-0.3, -0.25) is 4.79 Å². The first-order chi connectivity index (χ1) is 7.20. The molecule has 0 amide bonds. The van der Waals surface area contributed by atoms with Crippen molar-refractivity contribution < 1.29 is 9.53 Å². The summed E-state index contributed by atoms with van der Waals surface area (Å²) in [6, 6.07) is 7.99. The minimum atomic E-state index is -0.119. The van der Waals surface area contributed by atoms with Crippen molar-refractivity contribution in [3.05, 3.63) is 41.5 Å². The van der Waals surface area contributed by atoms with Crippen LogP contribution in [0.4, 0.5) is 0 Å². The molecular weight excluding hydrogens is 188 g/mol. The molecule has 76 valence electrons. The van der Waals surface area contributed by atoms with E-state index in [0.29, 0.717) is 13.0 Å². The zero-order chi connectivity index (χ0) is 10.5. The summed E-state index contributed by atoms with van der Waals surface area (Å²) in [4.78, 5) is 11.5. The van der Waals surface area contributed by atoms with Gasteiger partial charge in [-0.1, -0.05) is 25.1 Å². The van der Waals surface area contributed by atoms with E-state index in [2.05, 4.69) is 13.0 Å². The van der Waals surface area contributed by atoms with Crippen molar-refractivity contribution in [3.63, 3.8) is 0 Å². The third-order valence-corrected chi connectivity index (χ3v) is 3.44. The Morgan fingerprint density at radius 2 is 2.13 bits per heavy atom. The van der Waals surface area contributed by atoms with Crippen molar-refractivity contribution in [1.82, 2.24) is 0 Å². The van der Waals surface area contributed by atoms with E-state index in [1.54, 1.807) is 6.08 Å². The molecule has 0 fully saturated rings. The van der Waals surface area contributed by atoms with E-state index in [0.717, 1.165) is 16.9 Å². The number of benzene rings is 1. The van der Waals surface area contributed by atoms with Crippen molar-refractivity contribution in [2.24, 2.45) is 0 Å². The Kier molecular flexibility index (Phi) is 1.58. The summed E-state index contributed by atoms with van der Waals surface area (Å²) >= 11 is 0. The Labute approximate surface area is 88.6 Å². The molecule has 1 unspecified atom stereocenters. The first-order valence-corrected chi connectivity index (χ1v) is 5.16. The van der Waals surface area contributed by atoms with Crippen molar-refractivity contribution in [2.75, 3.05) is 6.61 Å². The number of fused-ring (bicyclic) bond motifs is 3. The van der Waals surface area contributed by atoms with E-state index >= 15 is 0 Å². The average Bonchev–Trinajstić information content (AvgIpc) is 2.53. The van der Waals surface area contributed by atoms with Gasteiger partial charge in [0.2, 0.25) is 0 Å². The van der Waals surface area contributed by atoms with Gasteiger partial charge >= 0.3 is 0 Å². The lowest BCUT2D eigenvalue weighted by Crippen LogP contribution is -2.30. The van der Waals surface area contributed by atoms with Crippen LogP contribution >= 0.6 is 0 Å². The third kappa shape index (κ3) is 1.08. The van der Waals surface area contributed by atoms with Crippen molar-refractivity contribution in [2.45, 2.75) is 18.8 Å². The largest absolute Gasteiger partial charge is 0.489 e. The SMILES string of the molecule is CC12CC(=O)C=C1COc1ccccc12. The first-order valence-electron chi connectivity index (χ1n) is 5.16.